The molecule has 0 amide bonds. The second-order valence-corrected chi connectivity index (χ2v) is 5.72. The van der Waals surface area contributed by atoms with Crippen molar-refractivity contribution in [3.05, 3.63) is 34.4 Å². The normalized spacial score (nSPS) is 14.3. The van der Waals surface area contributed by atoms with E-state index in [4.69, 9.17) is 0 Å². The fourth-order valence-corrected chi connectivity index (χ4v) is 2.28. The van der Waals surface area contributed by atoms with Gasteiger partial charge in [-0.15, -0.1) is 0 Å². The molecule has 131 valence electrons. The van der Waals surface area contributed by atoms with Crippen LogP contribution < -0.4 is 0 Å². The molecule has 23 heavy (non-hydrogen) atoms. The van der Waals surface area contributed by atoms with Crippen LogP contribution in [-0.4, -0.2) is 28.5 Å². The van der Waals surface area contributed by atoms with Gasteiger partial charge in [0.2, 0.25) is 6.04 Å². The topological polar surface area (TPSA) is 80.4 Å². The summed E-state index contributed by atoms with van der Waals surface area (Å²) in [6.07, 6.45) is 16.3. The summed E-state index contributed by atoms with van der Waals surface area (Å²) in [5, 5.41) is 20.9. The molecule has 0 aromatic heterocycles. The van der Waals surface area contributed by atoms with Gasteiger partial charge in [-0.2, -0.15) is 0 Å². The number of hydrogen-bond acceptors (Lipinski definition) is 4. The van der Waals surface area contributed by atoms with E-state index in [9.17, 15) is 20.0 Å². The minimum Gasteiger partial charge on any atom is -0.386 e. The number of hydrogen-bond donors (Lipinski definition) is 1. The lowest BCUT2D eigenvalue weighted by atomic mass is 10.0. The molecule has 0 saturated carbocycles. The van der Waals surface area contributed by atoms with Crippen LogP contribution in [0, 0.1) is 10.1 Å². The second kappa shape index (κ2) is 15.4. The summed E-state index contributed by atoms with van der Waals surface area (Å²) < 4.78 is 0. The summed E-state index contributed by atoms with van der Waals surface area (Å²) in [7, 11) is 0. The first kappa shape index (κ1) is 21.5. The fourth-order valence-electron chi connectivity index (χ4n) is 2.28. The molecular formula is C18H30NO4. The molecule has 2 atom stereocenters. The van der Waals surface area contributed by atoms with Crippen LogP contribution in [0.25, 0.3) is 0 Å². The van der Waals surface area contributed by atoms with Crippen LogP contribution in [0.15, 0.2) is 24.3 Å². The van der Waals surface area contributed by atoms with E-state index in [0.29, 0.717) is 25.7 Å². The minimum atomic E-state index is -0.977. The Balaban J connectivity index is 3.96. The first-order valence-corrected chi connectivity index (χ1v) is 8.60. The lowest BCUT2D eigenvalue weighted by Gasteiger charge is -2.14. The highest BCUT2D eigenvalue weighted by Gasteiger charge is 2.28. The van der Waals surface area contributed by atoms with Gasteiger partial charge in [-0.3, -0.25) is 14.9 Å². The minimum absolute atomic E-state index is 0.287. The molecular weight excluding hydrogens is 294 g/mol. The standard InChI is InChI=1S/C18H30NO4/c1-2-3-4-5-6-7-8-9-12-15-18(21)17(19(22)23)14-11-10-13-16-20/h6-7,9,12,17-18,21H,2-5,8,10-11,13-15H2,1H3/b7-6-,12-9-. The summed E-state index contributed by atoms with van der Waals surface area (Å²) in [6.45, 7) is 2.18. The molecule has 0 fully saturated rings. The Morgan fingerprint density at radius 1 is 1.13 bits per heavy atom. The average Bonchev–Trinajstić information content (AvgIpc) is 2.52. The predicted molar refractivity (Wildman–Crippen MR) is 92.6 cm³/mol. The quantitative estimate of drug-likeness (QED) is 0.212. The summed E-state index contributed by atoms with van der Waals surface area (Å²) in [5.74, 6) is 0. The Hall–Kier alpha value is -1.49. The number of nitro groups is 1. The van der Waals surface area contributed by atoms with Gasteiger partial charge in [-0.05, 0) is 38.5 Å². The first-order valence-electron chi connectivity index (χ1n) is 8.60. The average molecular weight is 324 g/mol. The van der Waals surface area contributed by atoms with Gasteiger partial charge in [0.05, 0.1) is 0 Å². The van der Waals surface area contributed by atoms with E-state index in [1.807, 2.05) is 6.08 Å². The van der Waals surface area contributed by atoms with Crippen LogP contribution in [0.4, 0.5) is 0 Å². The summed E-state index contributed by atoms with van der Waals surface area (Å²) in [4.78, 5) is 20.7. The summed E-state index contributed by atoms with van der Waals surface area (Å²) in [5.41, 5.74) is 0. The molecule has 0 aliphatic carbocycles. The van der Waals surface area contributed by atoms with Crippen LogP contribution in [-0.2, 0) is 4.79 Å². The van der Waals surface area contributed by atoms with Gasteiger partial charge >= 0.3 is 0 Å². The highest BCUT2D eigenvalue weighted by molar-refractivity contribution is 5.50. The van der Waals surface area contributed by atoms with E-state index in [0.717, 1.165) is 12.8 Å². The third-order valence-electron chi connectivity index (χ3n) is 3.70. The Labute approximate surface area is 139 Å². The Morgan fingerprint density at radius 2 is 1.87 bits per heavy atom. The number of nitrogens with zero attached hydrogens (tertiary/aromatic N) is 1. The molecule has 0 aliphatic heterocycles. The number of allylic oxidation sites excluding steroid dienone is 3. The van der Waals surface area contributed by atoms with E-state index in [1.165, 1.54) is 19.3 Å². The molecule has 0 rings (SSSR count). The number of rotatable bonds is 15. The van der Waals surface area contributed by atoms with Crippen molar-refractivity contribution < 1.29 is 14.8 Å². The van der Waals surface area contributed by atoms with Crippen molar-refractivity contribution in [3.8, 4) is 0 Å². The molecule has 0 aliphatic rings. The zero-order valence-corrected chi connectivity index (χ0v) is 14.2. The van der Waals surface area contributed by atoms with Gasteiger partial charge in [0, 0.05) is 17.8 Å². The molecule has 0 heterocycles. The van der Waals surface area contributed by atoms with E-state index in [2.05, 4.69) is 19.1 Å². The SMILES string of the molecule is CCCCC/C=C\C/C=C\CC(O)C(CCCC[C]=O)[N+](=O)[O-]. The van der Waals surface area contributed by atoms with Gasteiger partial charge in [0.15, 0.2) is 6.29 Å². The highest BCUT2D eigenvalue weighted by atomic mass is 16.6. The largest absolute Gasteiger partial charge is 0.386 e. The summed E-state index contributed by atoms with van der Waals surface area (Å²) >= 11 is 0. The maximum atomic E-state index is 11.0. The Kier molecular flexibility index (Phi) is 14.4. The van der Waals surface area contributed by atoms with Crippen molar-refractivity contribution in [1.82, 2.24) is 0 Å². The molecule has 0 aromatic carbocycles. The van der Waals surface area contributed by atoms with E-state index in [1.54, 1.807) is 12.4 Å². The maximum Gasteiger partial charge on any atom is 0.238 e. The number of unbranched alkanes of at least 4 members (excludes halogenated alkanes) is 5. The Bertz CT molecular complexity index is 366. The number of aliphatic hydroxyl groups excluding tert-OH is 1. The van der Waals surface area contributed by atoms with Crippen LogP contribution in [0.2, 0.25) is 0 Å². The molecule has 5 nitrogen and oxygen atoms in total. The van der Waals surface area contributed by atoms with Gasteiger partial charge in [0.1, 0.15) is 6.10 Å². The highest BCUT2D eigenvalue weighted by Crippen LogP contribution is 2.13. The van der Waals surface area contributed by atoms with Crippen LogP contribution >= 0.6 is 0 Å². The molecule has 1 radical (unpaired) electrons. The van der Waals surface area contributed by atoms with Crippen molar-refractivity contribution in [2.45, 2.75) is 83.3 Å². The molecule has 0 spiro atoms. The van der Waals surface area contributed by atoms with Crippen LogP contribution in [0.1, 0.15) is 71.1 Å². The van der Waals surface area contributed by atoms with Gasteiger partial charge in [-0.25, -0.2) is 0 Å². The van der Waals surface area contributed by atoms with Gasteiger partial charge in [0.25, 0.3) is 0 Å². The van der Waals surface area contributed by atoms with Crippen LogP contribution in [0.5, 0.6) is 0 Å². The smallest absolute Gasteiger partial charge is 0.238 e. The van der Waals surface area contributed by atoms with Gasteiger partial charge in [-0.1, -0.05) is 44.1 Å². The number of aliphatic hydroxyl groups is 1. The lowest BCUT2D eigenvalue weighted by Crippen LogP contribution is -2.33. The molecule has 0 aromatic rings. The van der Waals surface area contributed by atoms with E-state index in [-0.39, 0.29) is 6.42 Å². The third kappa shape index (κ3) is 12.7. The third-order valence-corrected chi connectivity index (χ3v) is 3.70. The van der Waals surface area contributed by atoms with Crippen molar-refractivity contribution in [1.29, 1.82) is 0 Å². The zero-order chi connectivity index (χ0) is 17.3. The molecule has 5 heteroatoms. The molecule has 2 unspecified atom stereocenters. The molecule has 0 bridgehead atoms. The number of carbonyl (C=O) groups excluding carboxylic acids is 1. The van der Waals surface area contributed by atoms with Crippen molar-refractivity contribution in [2.75, 3.05) is 0 Å². The summed E-state index contributed by atoms with van der Waals surface area (Å²) in [6, 6.07) is -0.962. The van der Waals surface area contributed by atoms with Crippen molar-refractivity contribution >= 4 is 6.29 Å². The monoisotopic (exact) mass is 324 g/mol. The Morgan fingerprint density at radius 3 is 2.52 bits per heavy atom. The maximum absolute atomic E-state index is 11.0. The molecule has 0 saturated heterocycles. The van der Waals surface area contributed by atoms with Crippen molar-refractivity contribution in [2.24, 2.45) is 0 Å². The van der Waals surface area contributed by atoms with Gasteiger partial charge < -0.3 is 5.11 Å². The van der Waals surface area contributed by atoms with Crippen molar-refractivity contribution in [3.63, 3.8) is 0 Å². The van der Waals surface area contributed by atoms with Crippen LogP contribution in [0.3, 0.4) is 0 Å². The second-order valence-electron chi connectivity index (χ2n) is 5.72. The van der Waals surface area contributed by atoms with E-state index >= 15 is 0 Å². The first-order chi connectivity index (χ1) is 11.1. The molecule has 1 N–H and O–H groups in total. The predicted octanol–water partition coefficient (Wildman–Crippen LogP) is 4.14. The zero-order valence-electron chi connectivity index (χ0n) is 14.2. The van der Waals surface area contributed by atoms with E-state index < -0.39 is 17.1 Å². The lowest BCUT2D eigenvalue weighted by molar-refractivity contribution is -0.535. The fraction of sp³-hybridized carbons (Fsp3) is 0.722.